The van der Waals surface area contributed by atoms with Gasteiger partial charge in [0.2, 0.25) is 0 Å². The van der Waals surface area contributed by atoms with E-state index in [-0.39, 0.29) is 0 Å². The van der Waals surface area contributed by atoms with Crippen molar-refractivity contribution < 1.29 is 0 Å². The van der Waals surface area contributed by atoms with Crippen LogP contribution in [0.3, 0.4) is 0 Å². The molecular weight excluding hydrogens is 136 g/mol. The van der Waals surface area contributed by atoms with Gasteiger partial charge in [0.25, 0.3) is 0 Å². The average Bonchev–Trinajstić information content (AvgIpc) is 2.03. The molecule has 0 aromatic carbocycles. The number of allylic oxidation sites excluding steroid dienone is 2. The molecule has 0 unspecified atom stereocenters. The Morgan fingerprint density at radius 1 is 1.45 bits per heavy atom. The fourth-order valence-electron chi connectivity index (χ4n) is 0.801. The zero-order valence-electron chi connectivity index (χ0n) is 7.13. The SMILES string of the molecule is C/C=C(/C)c1cncc(C)n1. The van der Waals surface area contributed by atoms with Gasteiger partial charge in [-0.25, -0.2) is 0 Å². The van der Waals surface area contributed by atoms with Crippen molar-refractivity contribution in [1.82, 2.24) is 9.97 Å². The van der Waals surface area contributed by atoms with Crippen molar-refractivity contribution in [3.8, 4) is 0 Å². The Labute approximate surface area is 67.0 Å². The standard InChI is InChI=1S/C9H12N2/c1-4-7(2)9-6-10-5-8(3)11-9/h4-6H,1-3H3/b7-4-. The van der Waals surface area contributed by atoms with Gasteiger partial charge in [0, 0.05) is 6.20 Å². The van der Waals surface area contributed by atoms with E-state index < -0.39 is 0 Å². The normalized spacial score (nSPS) is 11.7. The topological polar surface area (TPSA) is 25.8 Å². The highest BCUT2D eigenvalue weighted by Gasteiger charge is 1.95. The van der Waals surface area contributed by atoms with Crippen molar-refractivity contribution >= 4 is 5.57 Å². The second-order valence-electron chi connectivity index (χ2n) is 2.52. The van der Waals surface area contributed by atoms with Crippen LogP contribution in [0.4, 0.5) is 0 Å². The second kappa shape index (κ2) is 3.28. The van der Waals surface area contributed by atoms with E-state index >= 15 is 0 Å². The largest absolute Gasteiger partial charge is 0.261 e. The molecule has 0 radical (unpaired) electrons. The lowest BCUT2D eigenvalue weighted by Gasteiger charge is -1.98. The van der Waals surface area contributed by atoms with Gasteiger partial charge in [-0.1, -0.05) is 6.08 Å². The van der Waals surface area contributed by atoms with Crippen LogP contribution >= 0.6 is 0 Å². The third kappa shape index (κ3) is 1.87. The average molecular weight is 148 g/mol. The molecule has 0 amide bonds. The first-order valence-electron chi connectivity index (χ1n) is 3.66. The molecule has 0 aliphatic heterocycles. The molecular formula is C9H12N2. The highest BCUT2D eigenvalue weighted by Crippen LogP contribution is 2.08. The Bertz CT molecular complexity index is 277. The van der Waals surface area contributed by atoms with E-state index in [4.69, 9.17) is 0 Å². The first-order valence-corrected chi connectivity index (χ1v) is 3.66. The molecule has 0 atom stereocenters. The van der Waals surface area contributed by atoms with Crippen molar-refractivity contribution in [1.29, 1.82) is 0 Å². The van der Waals surface area contributed by atoms with E-state index in [1.54, 1.807) is 12.4 Å². The maximum atomic E-state index is 4.31. The van der Waals surface area contributed by atoms with E-state index in [9.17, 15) is 0 Å². The van der Waals surface area contributed by atoms with Gasteiger partial charge in [-0.15, -0.1) is 0 Å². The second-order valence-corrected chi connectivity index (χ2v) is 2.52. The first kappa shape index (κ1) is 7.92. The summed E-state index contributed by atoms with van der Waals surface area (Å²) in [6.07, 6.45) is 5.57. The van der Waals surface area contributed by atoms with Gasteiger partial charge in [-0.05, 0) is 26.3 Å². The maximum absolute atomic E-state index is 4.31. The van der Waals surface area contributed by atoms with Gasteiger partial charge < -0.3 is 0 Å². The summed E-state index contributed by atoms with van der Waals surface area (Å²) in [5, 5.41) is 0. The van der Waals surface area contributed by atoms with E-state index in [1.165, 1.54) is 5.57 Å². The molecule has 0 fully saturated rings. The van der Waals surface area contributed by atoms with Crippen LogP contribution in [-0.2, 0) is 0 Å². The molecule has 1 aromatic heterocycles. The molecule has 0 saturated carbocycles. The lowest BCUT2D eigenvalue weighted by Crippen LogP contribution is -1.90. The van der Waals surface area contributed by atoms with Gasteiger partial charge in [0.15, 0.2) is 0 Å². The summed E-state index contributed by atoms with van der Waals surface area (Å²) >= 11 is 0. The number of aryl methyl sites for hydroxylation is 1. The molecule has 0 aliphatic carbocycles. The van der Waals surface area contributed by atoms with Crippen LogP contribution in [0.2, 0.25) is 0 Å². The lowest BCUT2D eigenvalue weighted by molar-refractivity contribution is 1.09. The third-order valence-electron chi connectivity index (χ3n) is 1.59. The number of aromatic nitrogens is 2. The third-order valence-corrected chi connectivity index (χ3v) is 1.59. The van der Waals surface area contributed by atoms with Crippen molar-refractivity contribution in [2.24, 2.45) is 0 Å². The summed E-state index contributed by atoms with van der Waals surface area (Å²) in [6, 6.07) is 0. The quantitative estimate of drug-likeness (QED) is 0.610. The molecule has 0 aliphatic rings. The van der Waals surface area contributed by atoms with Crippen LogP contribution in [0.25, 0.3) is 5.57 Å². The van der Waals surface area contributed by atoms with E-state index in [0.717, 1.165) is 11.4 Å². The number of hydrogen-bond acceptors (Lipinski definition) is 2. The molecule has 0 bridgehead atoms. The van der Waals surface area contributed by atoms with Crippen molar-refractivity contribution in [2.75, 3.05) is 0 Å². The van der Waals surface area contributed by atoms with E-state index in [0.29, 0.717) is 0 Å². The fraction of sp³-hybridized carbons (Fsp3) is 0.333. The molecule has 0 N–H and O–H groups in total. The number of rotatable bonds is 1. The Morgan fingerprint density at radius 3 is 2.73 bits per heavy atom. The highest BCUT2D eigenvalue weighted by molar-refractivity contribution is 5.59. The molecule has 58 valence electrons. The van der Waals surface area contributed by atoms with Gasteiger partial charge in [-0.3, -0.25) is 9.97 Å². The lowest BCUT2D eigenvalue weighted by atomic mass is 10.2. The Kier molecular flexibility index (Phi) is 2.36. The van der Waals surface area contributed by atoms with Crippen LogP contribution in [0.1, 0.15) is 25.2 Å². The Balaban J connectivity index is 3.06. The summed E-state index contributed by atoms with van der Waals surface area (Å²) in [5.41, 5.74) is 3.09. The van der Waals surface area contributed by atoms with Crippen molar-refractivity contribution in [3.05, 3.63) is 29.9 Å². The van der Waals surface area contributed by atoms with Crippen LogP contribution in [0, 0.1) is 6.92 Å². The Morgan fingerprint density at radius 2 is 2.18 bits per heavy atom. The molecule has 0 saturated heterocycles. The summed E-state index contributed by atoms with van der Waals surface area (Å²) in [4.78, 5) is 8.36. The predicted molar refractivity (Wildman–Crippen MR) is 46.1 cm³/mol. The molecule has 0 spiro atoms. The van der Waals surface area contributed by atoms with E-state index in [2.05, 4.69) is 9.97 Å². The Hall–Kier alpha value is -1.18. The van der Waals surface area contributed by atoms with Gasteiger partial charge in [0.1, 0.15) is 0 Å². The van der Waals surface area contributed by atoms with Crippen molar-refractivity contribution in [2.45, 2.75) is 20.8 Å². The number of nitrogens with zero attached hydrogens (tertiary/aromatic N) is 2. The monoisotopic (exact) mass is 148 g/mol. The fourth-order valence-corrected chi connectivity index (χ4v) is 0.801. The molecule has 11 heavy (non-hydrogen) atoms. The van der Waals surface area contributed by atoms with Crippen LogP contribution in [-0.4, -0.2) is 9.97 Å². The van der Waals surface area contributed by atoms with Crippen LogP contribution in [0.15, 0.2) is 18.5 Å². The van der Waals surface area contributed by atoms with Crippen LogP contribution < -0.4 is 0 Å². The van der Waals surface area contributed by atoms with Crippen LogP contribution in [0.5, 0.6) is 0 Å². The zero-order valence-corrected chi connectivity index (χ0v) is 7.13. The van der Waals surface area contributed by atoms with Gasteiger partial charge in [0.05, 0.1) is 17.6 Å². The maximum Gasteiger partial charge on any atom is 0.0841 e. The minimum Gasteiger partial charge on any atom is -0.261 e. The summed E-state index contributed by atoms with van der Waals surface area (Å²) < 4.78 is 0. The molecule has 1 heterocycles. The summed E-state index contributed by atoms with van der Waals surface area (Å²) in [6.45, 7) is 5.97. The summed E-state index contributed by atoms with van der Waals surface area (Å²) in [5.74, 6) is 0. The van der Waals surface area contributed by atoms with E-state index in [1.807, 2.05) is 26.8 Å². The van der Waals surface area contributed by atoms with Gasteiger partial charge >= 0.3 is 0 Å². The molecule has 1 rings (SSSR count). The summed E-state index contributed by atoms with van der Waals surface area (Å²) in [7, 11) is 0. The highest BCUT2D eigenvalue weighted by atomic mass is 14.8. The minimum atomic E-state index is 0.962. The molecule has 2 nitrogen and oxygen atoms in total. The number of hydrogen-bond donors (Lipinski definition) is 0. The smallest absolute Gasteiger partial charge is 0.0841 e. The van der Waals surface area contributed by atoms with Gasteiger partial charge in [-0.2, -0.15) is 0 Å². The predicted octanol–water partition coefficient (Wildman–Crippen LogP) is 2.21. The first-order chi connectivity index (χ1) is 5.24. The molecule has 1 aromatic rings. The van der Waals surface area contributed by atoms with Crippen molar-refractivity contribution in [3.63, 3.8) is 0 Å². The minimum absolute atomic E-state index is 0.962. The molecule has 2 heteroatoms. The zero-order chi connectivity index (χ0) is 8.27.